The van der Waals surface area contributed by atoms with Gasteiger partial charge in [0, 0.05) is 12.2 Å². The van der Waals surface area contributed by atoms with E-state index in [0.29, 0.717) is 0 Å². The predicted molar refractivity (Wildman–Crippen MR) is 86.8 cm³/mol. The van der Waals surface area contributed by atoms with Gasteiger partial charge in [-0.3, -0.25) is 4.98 Å². The van der Waals surface area contributed by atoms with Gasteiger partial charge in [0.15, 0.2) is 0 Å². The van der Waals surface area contributed by atoms with E-state index in [1.165, 1.54) is 16.7 Å². The normalized spacial score (nSPS) is 12.2. The van der Waals surface area contributed by atoms with Crippen LogP contribution in [0.25, 0.3) is 0 Å². The van der Waals surface area contributed by atoms with Gasteiger partial charge in [0.1, 0.15) is 5.75 Å². The summed E-state index contributed by atoms with van der Waals surface area (Å²) in [6.45, 7) is 7.34. The number of aryl methyl sites for hydroxylation is 2. The van der Waals surface area contributed by atoms with Crippen LogP contribution in [-0.4, -0.2) is 18.6 Å². The van der Waals surface area contributed by atoms with Gasteiger partial charge < -0.3 is 10.1 Å². The largest absolute Gasteiger partial charge is 0.495 e. The molecule has 1 atom stereocenters. The molecule has 1 heterocycles. The summed E-state index contributed by atoms with van der Waals surface area (Å²) in [5.41, 5.74) is 5.13. The van der Waals surface area contributed by atoms with Crippen molar-refractivity contribution >= 4 is 0 Å². The summed E-state index contributed by atoms with van der Waals surface area (Å²) >= 11 is 0. The van der Waals surface area contributed by atoms with Crippen LogP contribution >= 0.6 is 0 Å². The van der Waals surface area contributed by atoms with Crippen molar-refractivity contribution < 1.29 is 4.74 Å². The number of hydrogen-bond donors (Lipinski definition) is 1. The minimum absolute atomic E-state index is 0.249. The van der Waals surface area contributed by atoms with Crippen molar-refractivity contribution in [2.45, 2.75) is 33.2 Å². The molecule has 2 aromatic rings. The van der Waals surface area contributed by atoms with Crippen molar-refractivity contribution in [1.29, 1.82) is 0 Å². The number of nitrogens with one attached hydrogen (secondary N) is 1. The van der Waals surface area contributed by atoms with E-state index in [2.05, 4.69) is 55.3 Å². The molecule has 1 aromatic carbocycles. The average Bonchev–Trinajstić information content (AvgIpc) is 2.46. The topological polar surface area (TPSA) is 34.2 Å². The third-order valence-corrected chi connectivity index (χ3v) is 3.54. The summed E-state index contributed by atoms with van der Waals surface area (Å²) in [6, 6.07) is 9.02. The lowest BCUT2D eigenvalue weighted by Gasteiger charge is -2.19. The van der Waals surface area contributed by atoms with Gasteiger partial charge in [-0.2, -0.15) is 0 Å². The lowest BCUT2D eigenvalue weighted by molar-refractivity contribution is 0.410. The van der Waals surface area contributed by atoms with Crippen molar-refractivity contribution in [2.24, 2.45) is 0 Å². The molecule has 0 aliphatic heterocycles. The summed E-state index contributed by atoms with van der Waals surface area (Å²) in [5, 5.41) is 3.54. The molecule has 1 unspecified atom stereocenters. The van der Waals surface area contributed by atoms with Gasteiger partial charge in [0.05, 0.1) is 13.3 Å². The number of likely N-dealkylation sites (N-methyl/N-ethyl adjacent to an activating group) is 1. The zero-order valence-corrected chi connectivity index (χ0v) is 13.3. The molecule has 3 heteroatoms. The molecule has 0 saturated heterocycles. The van der Waals surface area contributed by atoms with E-state index in [1.54, 1.807) is 13.3 Å². The van der Waals surface area contributed by atoms with Crippen molar-refractivity contribution in [3.05, 3.63) is 58.9 Å². The van der Waals surface area contributed by atoms with Crippen molar-refractivity contribution in [3.8, 4) is 5.75 Å². The van der Waals surface area contributed by atoms with E-state index in [-0.39, 0.29) is 6.04 Å². The highest BCUT2D eigenvalue weighted by atomic mass is 16.5. The Labute approximate surface area is 127 Å². The van der Waals surface area contributed by atoms with E-state index in [1.807, 2.05) is 6.20 Å². The zero-order chi connectivity index (χ0) is 15.2. The number of hydrogen-bond acceptors (Lipinski definition) is 3. The SMILES string of the molecule is CCNC(Cc1cc(C)cc(C)c1)c1cncc(OC)c1. The minimum atomic E-state index is 0.249. The Morgan fingerprint density at radius 2 is 1.81 bits per heavy atom. The summed E-state index contributed by atoms with van der Waals surface area (Å²) in [5.74, 6) is 0.802. The maximum atomic E-state index is 5.28. The van der Waals surface area contributed by atoms with E-state index in [9.17, 15) is 0 Å². The van der Waals surface area contributed by atoms with Crippen LogP contribution in [-0.2, 0) is 6.42 Å². The van der Waals surface area contributed by atoms with Gasteiger partial charge >= 0.3 is 0 Å². The highest BCUT2D eigenvalue weighted by Gasteiger charge is 2.13. The second kappa shape index (κ2) is 7.23. The molecule has 1 aromatic heterocycles. The van der Waals surface area contributed by atoms with Gasteiger partial charge in [-0.05, 0) is 44.0 Å². The first kappa shape index (κ1) is 15.5. The molecule has 0 spiro atoms. The lowest BCUT2D eigenvalue weighted by atomic mass is 9.97. The molecular weight excluding hydrogens is 260 g/mol. The Morgan fingerprint density at radius 1 is 1.10 bits per heavy atom. The van der Waals surface area contributed by atoms with Gasteiger partial charge in [-0.25, -0.2) is 0 Å². The van der Waals surface area contributed by atoms with E-state index in [0.717, 1.165) is 24.3 Å². The van der Waals surface area contributed by atoms with E-state index < -0.39 is 0 Å². The van der Waals surface area contributed by atoms with Gasteiger partial charge in [0.25, 0.3) is 0 Å². The van der Waals surface area contributed by atoms with Crippen LogP contribution in [0.15, 0.2) is 36.7 Å². The fourth-order valence-electron chi connectivity index (χ4n) is 2.71. The molecule has 0 fully saturated rings. The molecule has 0 bridgehead atoms. The van der Waals surface area contributed by atoms with Crippen LogP contribution in [0.3, 0.4) is 0 Å². The third-order valence-electron chi connectivity index (χ3n) is 3.54. The maximum Gasteiger partial charge on any atom is 0.137 e. The van der Waals surface area contributed by atoms with Crippen LogP contribution in [0.1, 0.15) is 35.2 Å². The number of benzene rings is 1. The van der Waals surface area contributed by atoms with Crippen molar-refractivity contribution in [2.75, 3.05) is 13.7 Å². The number of pyridine rings is 1. The average molecular weight is 284 g/mol. The predicted octanol–water partition coefficient (Wildman–Crippen LogP) is 3.60. The van der Waals surface area contributed by atoms with Crippen molar-refractivity contribution in [1.82, 2.24) is 10.3 Å². The van der Waals surface area contributed by atoms with Crippen LogP contribution in [0, 0.1) is 13.8 Å². The highest BCUT2D eigenvalue weighted by molar-refractivity contribution is 5.32. The Hall–Kier alpha value is -1.87. The summed E-state index contributed by atoms with van der Waals surface area (Å²) in [6.07, 6.45) is 4.60. The second-order valence-corrected chi connectivity index (χ2v) is 5.47. The minimum Gasteiger partial charge on any atom is -0.495 e. The third kappa shape index (κ3) is 4.30. The number of aromatic nitrogens is 1. The Bertz CT molecular complexity index is 575. The first-order valence-corrected chi connectivity index (χ1v) is 7.42. The molecule has 3 nitrogen and oxygen atoms in total. The molecular formula is C18H24N2O. The molecule has 112 valence electrons. The fraction of sp³-hybridized carbons (Fsp3) is 0.389. The molecule has 0 aliphatic rings. The first-order chi connectivity index (χ1) is 10.1. The Balaban J connectivity index is 2.25. The standard InChI is InChI=1S/C18H24N2O/c1-5-20-18(16-10-17(21-4)12-19-11-16)9-15-7-13(2)6-14(3)8-15/h6-8,10-12,18,20H,5,9H2,1-4H3. The highest BCUT2D eigenvalue weighted by Crippen LogP contribution is 2.22. The number of nitrogens with zero attached hydrogens (tertiary/aromatic N) is 1. The monoisotopic (exact) mass is 284 g/mol. The lowest BCUT2D eigenvalue weighted by Crippen LogP contribution is -2.23. The second-order valence-electron chi connectivity index (χ2n) is 5.47. The Kier molecular flexibility index (Phi) is 5.34. The molecule has 0 radical (unpaired) electrons. The molecule has 0 aliphatic carbocycles. The molecule has 2 rings (SSSR count). The van der Waals surface area contributed by atoms with Crippen LogP contribution in [0.2, 0.25) is 0 Å². The molecule has 0 amide bonds. The number of ether oxygens (including phenoxy) is 1. The summed E-state index contributed by atoms with van der Waals surface area (Å²) in [7, 11) is 1.67. The molecule has 0 saturated carbocycles. The van der Waals surface area contributed by atoms with Crippen LogP contribution in [0.4, 0.5) is 0 Å². The van der Waals surface area contributed by atoms with E-state index >= 15 is 0 Å². The van der Waals surface area contributed by atoms with E-state index in [4.69, 9.17) is 4.74 Å². The quantitative estimate of drug-likeness (QED) is 0.880. The Morgan fingerprint density at radius 3 is 2.43 bits per heavy atom. The summed E-state index contributed by atoms with van der Waals surface area (Å²) in [4.78, 5) is 4.27. The first-order valence-electron chi connectivity index (χ1n) is 7.42. The molecule has 1 N–H and O–H groups in total. The molecule has 21 heavy (non-hydrogen) atoms. The zero-order valence-electron chi connectivity index (χ0n) is 13.3. The van der Waals surface area contributed by atoms with Crippen LogP contribution in [0.5, 0.6) is 5.75 Å². The van der Waals surface area contributed by atoms with Gasteiger partial charge in [-0.1, -0.05) is 36.2 Å². The number of methoxy groups -OCH3 is 1. The van der Waals surface area contributed by atoms with Gasteiger partial charge in [0.2, 0.25) is 0 Å². The van der Waals surface area contributed by atoms with Crippen molar-refractivity contribution in [3.63, 3.8) is 0 Å². The summed E-state index contributed by atoms with van der Waals surface area (Å²) < 4.78 is 5.28. The fourth-order valence-corrected chi connectivity index (χ4v) is 2.71. The van der Waals surface area contributed by atoms with Crippen LogP contribution < -0.4 is 10.1 Å². The smallest absolute Gasteiger partial charge is 0.137 e. The van der Waals surface area contributed by atoms with Gasteiger partial charge in [-0.15, -0.1) is 0 Å². The maximum absolute atomic E-state index is 5.28. The number of rotatable bonds is 6.